The first-order chi connectivity index (χ1) is 8.13. The molecule has 0 saturated carbocycles. The van der Waals surface area contributed by atoms with E-state index in [1.54, 1.807) is 12.3 Å². The molecule has 2 rings (SSSR count). The van der Waals surface area contributed by atoms with E-state index in [4.69, 9.17) is 5.73 Å². The molecule has 0 aromatic carbocycles. The van der Waals surface area contributed by atoms with Crippen LogP contribution >= 0.6 is 0 Å². The minimum Gasteiger partial charge on any atom is -0.392 e. The van der Waals surface area contributed by atoms with Gasteiger partial charge in [-0.25, -0.2) is 0 Å². The second-order valence-corrected chi connectivity index (χ2v) is 3.97. The van der Waals surface area contributed by atoms with E-state index >= 15 is 0 Å². The molecular formula is C11H13N3O3. The number of primary amides is 1. The Kier molecular flexibility index (Phi) is 3.06. The number of nitrogens with two attached hydrogens (primary N) is 1. The molecule has 6 nitrogen and oxygen atoms in total. The van der Waals surface area contributed by atoms with E-state index in [-0.39, 0.29) is 25.5 Å². The second kappa shape index (κ2) is 4.50. The number of aromatic nitrogens is 1. The molecule has 1 atom stereocenters. The van der Waals surface area contributed by atoms with Gasteiger partial charge in [0.15, 0.2) is 0 Å². The maximum absolute atomic E-state index is 11.8. The highest BCUT2D eigenvalue weighted by Crippen LogP contribution is 2.27. The fourth-order valence-electron chi connectivity index (χ4n) is 1.92. The maximum atomic E-state index is 11.8. The first-order valence-electron chi connectivity index (χ1n) is 5.27. The van der Waals surface area contributed by atoms with Gasteiger partial charge in [0.25, 0.3) is 0 Å². The molecular weight excluding hydrogens is 222 g/mol. The van der Waals surface area contributed by atoms with Crippen molar-refractivity contribution in [3.05, 3.63) is 24.0 Å². The lowest BCUT2D eigenvalue weighted by Gasteiger charge is -2.18. The number of anilines is 1. The van der Waals surface area contributed by atoms with Crippen molar-refractivity contribution in [2.45, 2.75) is 13.0 Å². The van der Waals surface area contributed by atoms with E-state index in [1.807, 2.05) is 0 Å². The Morgan fingerprint density at radius 2 is 2.41 bits per heavy atom. The van der Waals surface area contributed by atoms with Crippen molar-refractivity contribution in [2.75, 3.05) is 11.4 Å². The first kappa shape index (κ1) is 11.5. The summed E-state index contributed by atoms with van der Waals surface area (Å²) in [6.45, 7) is 0.0791. The molecule has 1 unspecified atom stereocenters. The van der Waals surface area contributed by atoms with E-state index in [1.165, 1.54) is 11.1 Å². The molecule has 2 amide bonds. The zero-order chi connectivity index (χ0) is 12.4. The first-order valence-corrected chi connectivity index (χ1v) is 5.27. The number of rotatable bonds is 3. The van der Waals surface area contributed by atoms with Crippen LogP contribution in [0.3, 0.4) is 0 Å². The van der Waals surface area contributed by atoms with Crippen LogP contribution in [-0.4, -0.2) is 28.4 Å². The normalized spacial score (nSPS) is 19.7. The summed E-state index contributed by atoms with van der Waals surface area (Å²) >= 11 is 0. The van der Waals surface area contributed by atoms with E-state index in [0.717, 1.165) is 0 Å². The number of nitrogens with zero attached hydrogens (tertiary/aromatic N) is 2. The van der Waals surface area contributed by atoms with Crippen LogP contribution in [0.25, 0.3) is 0 Å². The molecule has 3 N–H and O–H groups in total. The third kappa shape index (κ3) is 2.12. The quantitative estimate of drug-likeness (QED) is 0.732. The van der Waals surface area contributed by atoms with Crippen LogP contribution in [-0.2, 0) is 16.2 Å². The van der Waals surface area contributed by atoms with E-state index in [0.29, 0.717) is 11.3 Å². The number of aliphatic hydroxyl groups excluding tert-OH is 1. The number of hydrogen-bond acceptors (Lipinski definition) is 4. The highest BCUT2D eigenvalue weighted by atomic mass is 16.3. The Balaban J connectivity index is 2.29. The minimum absolute atomic E-state index is 0.120. The molecule has 0 aliphatic carbocycles. The molecule has 6 heteroatoms. The van der Waals surface area contributed by atoms with Crippen molar-refractivity contribution in [1.29, 1.82) is 0 Å². The largest absolute Gasteiger partial charge is 0.392 e. The number of carbonyl (C=O) groups excluding carboxylic acids is 2. The molecule has 1 aromatic heterocycles. The van der Waals surface area contributed by atoms with Gasteiger partial charge in [-0.3, -0.25) is 14.6 Å². The van der Waals surface area contributed by atoms with Crippen molar-refractivity contribution in [3.63, 3.8) is 0 Å². The van der Waals surface area contributed by atoms with E-state index < -0.39 is 11.8 Å². The number of carbonyl (C=O) groups is 2. The molecule has 1 saturated heterocycles. The van der Waals surface area contributed by atoms with Gasteiger partial charge in [-0.2, -0.15) is 0 Å². The van der Waals surface area contributed by atoms with Crippen LogP contribution in [0.2, 0.25) is 0 Å². The van der Waals surface area contributed by atoms with Crippen molar-refractivity contribution in [1.82, 2.24) is 4.98 Å². The summed E-state index contributed by atoms with van der Waals surface area (Å²) in [4.78, 5) is 28.2. The van der Waals surface area contributed by atoms with Gasteiger partial charge in [-0.1, -0.05) is 0 Å². The van der Waals surface area contributed by atoms with Gasteiger partial charge in [-0.05, 0) is 6.07 Å². The average molecular weight is 235 g/mol. The van der Waals surface area contributed by atoms with Crippen LogP contribution < -0.4 is 10.6 Å². The molecule has 17 heavy (non-hydrogen) atoms. The SMILES string of the molecule is NC(=O)C1CC(=O)N(c2cnccc2CO)C1. The number of amides is 2. The number of pyridine rings is 1. The predicted octanol–water partition coefficient (Wildman–Crippen LogP) is -0.588. The Morgan fingerprint density at radius 3 is 3.00 bits per heavy atom. The molecule has 1 aliphatic rings. The zero-order valence-electron chi connectivity index (χ0n) is 9.17. The minimum atomic E-state index is -0.477. The summed E-state index contributed by atoms with van der Waals surface area (Å²) < 4.78 is 0. The Morgan fingerprint density at radius 1 is 1.65 bits per heavy atom. The maximum Gasteiger partial charge on any atom is 0.227 e. The van der Waals surface area contributed by atoms with Gasteiger partial charge in [0, 0.05) is 24.7 Å². The van der Waals surface area contributed by atoms with Crippen LogP contribution in [0, 0.1) is 5.92 Å². The smallest absolute Gasteiger partial charge is 0.227 e. The van der Waals surface area contributed by atoms with Crippen molar-refractivity contribution in [3.8, 4) is 0 Å². The van der Waals surface area contributed by atoms with Gasteiger partial charge < -0.3 is 15.7 Å². The fraction of sp³-hybridized carbons (Fsp3) is 0.364. The lowest BCUT2D eigenvalue weighted by atomic mass is 10.1. The predicted molar refractivity (Wildman–Crippen MR) is 59.8 cm³/mol. The molecule has 0 bridgehead atoms. The topological polar surface area (TPSA) is 96.5 Å². The van der Waals surface area contributed by atoms with Gasteiger partial charge in [0.05, 0.1) is 24.4 Å². The number of aliphatic hydroxyl groups is 1. The highest BCUT2D eigenvalue weighted by molar-refractivity contribution is 6.00. The van der Waals surface area contributed by atoms with Crippen molar-refractivity contribution < 1.29 is 14.7 Å². The fourth-order valence-corrected chi connectivity index (χ4v) is 1.92. The van der Waals surface area contributed by atoms with E-state index in [9.17, 15) is 14.7 Å². The summed E-state index contributed by atoms with van der Waals surface area (Å²) in [7, 11) is 0. The molecule has 2 heterocycles. The van der Waals surface area contributed by atoms with Gasteiger partial charge >= 0.3 is 0 Å². The van der Waals surface area contributed by atoms with E-state index in [2.05, 4.69) is 4.98 Å². The summed E-state index contributed by atoms with van der Waals surface area (Å²) in [6.07, 6.45) is 3.17. The third-order valence-electron chi connectivity index (χ3n) is 2.88. The van der Waals surface area contributed by atoms with Crippen LogP contribution in [0.5, 0.6) is 0 Å². The molecule has 1 aromatic rings. The van der Waals surface area contributed by atoms with Crippen LogP contribution in [0.1, 0.15) is 12.0 Å². The second-order valence-electron chi connectivity index (χ2n) is 3.97. The Bertz CT molecular complexity index is 461. The highest BCUT2D eigenvalue weighted by Gasteiger charge is 2.34. The molecule has 1 aliphatic heterocycles. The van der Waals surface area contributed by atoms with Crippen LogP contribution in [0.4, 0.5) is 5.69 Å². The Hall–Kier alpha value is -1.95. The zero-order valence-corrected chi connectivity index (χ0v) is 9.17. The Labute approximate surface area is 98.1 Å². The summed E-state index contributed by atoms with van der Waals surface area (Å²) in [5.74, 6) is -1.11. The molecule has 0 radical (unpaired) electrons. The summed E-state index contributed by atoms with van der Waals surface area (Å²) in [5.41, 5.74) is 6.34. The summed E-state index contributed by atoms with van der Waals surface area (Å²) in [5, 5.41) is 9.18. The lowest BCUT2D eigenvalue weighted by Crippen LogP contribution is -2.29. The van der Waals surface area contributed by atoms with Crippen LogP contribution in [0.15, 0.2) is 18.5 Å². The standard InChI is InChI=1S/C11H13N3O3/c12-11(17)8-3-10(16)14(5-8)9-4-13-2-1-7(9)6-15/h1-2,4,8,15H,3,5-6H2,(H2,12,17). The molecule has 90 valence electrons. The molecule has 0 spiro atoms. The van der Waals surface area contributed by atoms with Gasteiger partial charge in [-0.15, -0.1) is 0 Å². The van der Waals surface area contributed by atoms with Crippen molar-refractivity contribution >= 4 is 17.5 Å². The number of hydrogen-bond donors (Lipinski definition) is 2. The van der Waals surface area contributed by atoms with Gasteiger partial charge in [0.2, 0.25) is 11.8 Å². The lowest BCUT2D eigenvalue weighted by molar-refractivity contribution is -0.123. The summed E-state index contributed by atoms with van der Waals surface area (Å²) in [6, 6.07) is 1.64. The monoisotopic (exact) mass is 235 g/mol. The average Bonchev–Trinajstić information content (AvgIpc) is 2.71. The molecule has 1 fully saturated rings. The third-order valence-corrected chi connectivity index (χ3v) is 2.88. The van der Waals surface area contributed by atoms with Crippen molar-refractivity contribution in [2.24, 2.45) is 11.7 Å². The van der Waals surface area contributed by atoms with Gasteiger partial charge in [0.1, 0.15) is 0 Å².